The van der Waals surface area contributed by atoms with Gasteiger partial charge in [0.1, 0.15) is 80.4 Å². The maximum Gasteiger partial charge on any atom is 0.262 e. The highest BCUT2D eigenvalue weighted by Crippen LogP contribution is 2.59. The van der Waals surface area contributed by atoms with Crippen molar-refractivity contribution in [1.82, 2.24) is 25.8 Å². The normalized spacial score (nSPS) is 15.8. The summed E-state index contributed by atoms with van der Waals surface area (Å²) in [6, 6.07) is 59.8. The fourth-order valence-electron chi connectivity index (χ4n) is 17.0. The number of rotatable bonds is 28. The average Bonchev–Trinajstić information content (AvgIpc) is 0.709. The molecule has 0 bridgehead atoms. The second-order valence-corrected chi connectivity index (χ2v) is 32.7. The Morgan fingerprint density at radius 2 is 0.678 bits per heavy atom. The fraction of sp³-hybridized carbons (Fsp3) is 0.253. The highest BCUT2D eigenvalue weighted by Gasteiger charge is 2.48. The first-order valence-corrected chi connectivity index (χ1v) is 40.8. The van der Waals surface area contributed by atoms with Gasteiger partial charge < -0.3 is 53.2 Å². The zero-order valence-electron chi connectivity index (χ0n) is 66.7. The molecule has 2 aromatic heterocycles. The molecule has 4 aliphatic heterocycles. The number of unbranched alkanes of at least 4 members (excludes halogenated alkanes) is 1. The van der Waals surface area contributed by atoms with Crippen LogP contribution < -0.4 is 34.9 Å². The van der Waals surface area contributed by atoms with Crippen LogP contribution in [0.15, 0.2) is 215 Å². The predicted octanol–water partition coefficient (Wildman–Crippen LogP) is 21.7. The Morgan fingerprint density at radius 3 is 1.02 bits per heavy atom. The van der Waals surface area contributed by atoms with Gasteiger partial charge in [0.05, 0.1) is 47.7 Å². The minimum absolute atomic E-state index is 0.00492. The third-order valence-corrected chi connectivity index (χ3v) is 23.5. The van der Waals surface area contributed by atoms with Gasteiger partial charge >= 0.3 is 0 Å². The SMILES string of the molecule is CC(C)c1ccc(Oc2cc3c4c(cc(Oc5ccc(C(C)C)cc5)c5c6c(Oc7ccc(C(C)C)cc7)cc7c8c(cc(Oc9ccc(C(C)C)cc9)c(c2c45)c86)C(=O)N(C(C(=O)NCCNCC2CO2)c2ccc4c(c2)oc2ccccc24)C7=O)C(=O)N(C(C(=O)NCCCCC2CO2)c2ccc4c(c2)oc2ccccc24)C3=O)cc1. The standard InChI is InChI=1S/C99H87N5O14/c1-52(2)56-20-30-62(31-21-56)113-80-45-72-84-73(97(108)103(96(72)107)92(94(105)101-40-14-13-15-66-50-111-66)60-28-38-70-68-16-9-11-18-76(68)117-78(70)43-60)46-81(114-63-32-22-57(23-33-63)53(3)4)87-89-83(116-65-36-26-59(27-37-65)55(7)8)48-75-85-74(47-82(88(91(85)89)86(80)90(84)87)115-64-34-24-58(25-35-64)54(5)6)98(109)104(99(75)110)93(95(106)102-42-41-100-49-67-51-112-67)61-29-39-71-69-17-10-12-19-77(69)118-79(71)44-61/h9-12,16-39,43-48,52-55,66-67,92-93,100H,13-15,40-42,49-51H2,1-8H3,(H,101,105)(H,102,106). The number of hydrogen-bond acceptors (Lipinski definition) is 15. The second kappa shape index (κ2) is 30.3. The van der Waals surface area contributed by atoms with Crippen molar-refractivity contribution in [2.45, 2.75) is 123 Å². The first kappa shape index (κ1) is 75.1. The molecular weight excluding hydrogens is 1480 g/mol. The molecule has 15 aromatic rings. The largest absolute Gasteiger partial charge is 0.457 e. The van der Waals surface area contributed by atoms with Gasteiger partial charge in [0.25, 0.3) is 23.6 Å². The van der Waals surface area contributed by atoms with E-state index in [0.29, 0.717) is 89.2 Å². The molecule has 6 heterocycles. The predicted molar refractivity (Wildman–Crippen MR) is 456 cm³/mol. The molecule has 2 fully saturated rings. The number of carbonyl (C=O) groups is 6. The van der Waals surface area contributed by atoms with E-state index in [1.54, 1.807) is 48.5 Å². The van der Waals surface area contributed by atoms with Crippen molar-refractivity contribution < 1.29 is 66.0 Å². The van der Waals surface area contributed by atoms with E-state index in [0.717, 1.165) is 66.4 Å². The van der Waals surface area contributed by atoms with E-state index in [1.165, 1.54) is 0 Å². The summed E-state index contributed by atoms with van der Waals surface area (Å²) in [5.41, 5.74) is 6.76. The summed E-state index contributed by atoms with van der Waals surface area (Å²) < 4.78 is 53.8. The number of carbonyl (C=O) groups excluding carboxylic acids is 6. The minimum Gasteiger partial charge on any atom is -0.457 e. The van der Waals surface area contributed by atoms with Crippen LogP contribution in [0.4, 0.5) is 0 Å². The summed E-state index contributed by atoms with van der Waals surface area (Å²) in [5, 5.41) is 14.9. The maximum atomic E-state index is 17.0. The number of imide groups is 2. The van der Waals surface area contributed by atoms with Gasteiger partial charge in [-0.2, -0.15) is 0 Å². The molecule has 118 heavy (non-hydrogen) atoms. The van der Waals surface area contributed by atoms with Crippen LogP contribution in [-0.4, -0.2) is 96.8 Å². The van der Waals surface area contributed by atoms with Crippen LogP contribution in [0.3, 0.4) is 0 Å². The van der Waals surface area contributed by atoms with Crippen LogP contribution in [0.5, 0.6) is 46.0 Å². The monoisotopic (exact) mass is 1570 g/mol. The Labute approximate surface area is 680 Å². The minimum atomic E-state index is -1.61. The van der Waals surface area contributed by atoms with Crippen molar-refractivity contribution >= 4 is 122 Å². The van der Waals surface area contributed by atoms with Crippen molar-refractivity contribution in [3.05, 3.63) is 262 Å². The molecule has 592 valence electrons. The number of amides is 6. The molecule has 6 amide bonds. The number of hydrogen-bond donors (Lipinski definition) is 3. The van der Waals surface area contributed by atoms with Crippen molar-refractivity contribution in [2.75, 3.05) is 39.4 Å². The Morgan fingerprint density at radius 1 is 0.356 bits per heavy atom. The van der Waals surface area contributed by atoms with Crippen LogP contribution in [0.1, 0.15) is 185 Å². The lowest BCUT2D eigenvalue weighted by atomic mass is 9.80. The maximum absolute atomic E-state index is 17.0. The molecule has 0 saturated carbocycles. The number of nitrogens with one attached hydrogen (secondary N) is 3. The van der Waals surface area contributed by atoms with E-state index < -0.39 is 47.5 Å². The van der Waals surface area contributed by atoms with E-state index in [9.17, 15) is 0 Å². The molecule has 4 atom stereocenters. The number of fused-ring (bicyclic) bond motifs is 8. The summed E-state index contributed by atoms with van der Waals surface area (Å²) in [6.45, 7) is 19.4. The molecule has 19 heteroatoms. The summed E-state index contributed by atoms with van der Waals surface area (Å²) >= 11 is 0. The van der Waals surface area contributed by atoms with Gasteiger partial charge in [0.15, 0.2) is 0 Å². The van der Waals surface area contributed by atoms with Crippen LogP contribution in [0.25, 0.3) is 87.0 Å². The summed E-state index contributed by atoms with van der Waals surface area (Å²) in [4.78, 5) is 102. The lowest BCUT2D eigenvalue weighted by molar-refractivity contribution is -0.125. The van der Waals surface area contributed by atoms with Crippen molar-refractivity contribution in [3.8, 4) is 46.0 Å². The van der Waals surface area contributed by atoms with Crippen LogP contribution in [-0.2, 0) is 19.1 Å². The lowest BCUT2D eigenvalue weighted by Crippen LogP contribution is -2.49. The van der Waals surface area contributed by atoms with Gasteiger partial charge in [-0.1, -0.05) is 165 Å². The molecule has 0 spiro atoms. The number of ether oxygens (including phenoxy) is 6. The fourth-order valence-corrected chi connectivity index (χ4v) is 17.0. The summed E-state index contributed by atoms with van der Waals surface area (Å²) in [7, 11) is 0. The zero-order valence-corrected chi connectivity index (χ0v) is 66.7. The Kier molecular flexibility index (Phi) is 19.3. The number of furan rings is 2. The Hall–Kier alpha value is -12.9. The number of para-hydroxylation sites is 2. The number of nitrogens with zero attached hydrogens (tertiary/aromatic N) is 2. The van der Waals surface area contributed by atoms with Gasteiger partial charge in [-0.3, -0.25) is 38.6 Å². The smallest absolute Gasteiger partial charge is 0.262 e. The Bertz CT molecular complexity index is 5940. The van der Waals surface area contributed by atoms with Gasteiger partial charge in [-0.15, -0.1) is 0 Å². The molecule has 0 aliphatic carbocycles. The van der Waals surface area contributed by atoms with Crippen molar-refractivity contribution in [1.29, 1.82) is 0 Å². The third-order valence-electron chi connectivity index (χ3n) is 23.5. The quantitative estimate of drug-likeness (QED) is 0.0136. The molecule has 13 aromatic carbocycles. The topological polar surface area (TPSA) is 233 Å². The van der Waals surface area contributed by atoms with Gasteiger partial charge in [0.2, 0.25) is 11.8 Å². The summed E-state index contributed by atoms with van der Waals surface area (Å²) in [5.74, 6) is -2.24. The molecule has 4 aliphatic rings. The van der Waals surface area contributed by atoms with Crippen LogP contribution in [0.2, 0.25) is 0 Å². The molecule has 19 rings (SSSR count). The highest BCUT2D eigenvalue weighted by molar-refractivity contribution is 6.45. The average molecular weight is 1570 g/mol. The molecule has 2 saturated heterocycles. The van der Waals surface area contributed by atoms with Crippen LogP contribution in [0, 0.1) is 0 Å². The molecular formula is C99H87N5O14. The number of benzene rings is 13. The van der Waals surface area contributed by atoms with E-state index in [4.69, 9.17) is 37.3 Å². The molecule has 4 unspecified atom stereocenters. The second-order valence-electron chi connectivity index (χ2n) is 32.7. The number of epoxide rings is 2. The van der Waals surface area contributed by atoms with E-state index in [1.807, 2.05) is 158 Å². The zero-order chi connectivity index (χ0) is 81.1. The van der Waals surface area contributed by atoms with Gasteiger partial charge in [0, 0.05) is 90.8 Å². The summed E-state index contributed by atoms with van der Waals surface area (Å²) in [6.07, 6.45) is 2.44. The Balaban J connectivity index is 0.908. The third kappa shape index (κ3) is 13.6. The molecule has 0 radical (unpaired) electrons. The van der Waals surface area contributed by atoms with E-state index >= 15 is 28.8 Å². The molecule has 3 N–H and O–H groups in total. The van der Waals surface area contributed by atoms with Crippen LogP contribution >= 0.6 is 0 Å². The highest BCUT2D eigenvalue weighted by atomic mass is 16.6. The lowest BCUT2D eigenvalue weighted by Gasteiger charge is -2.36. The van der Waals surface area contributed by atoms with E-state index in [2.05, 4.69) is 71.3 Å². The van der Waals surface area contributed by atoms with Gasteiger partial charge in [-0.05, 0) is 173 Å². The first-order chi connectivity index (χ1) is 57.3. The van der Waals surface area contributed by atoms with Gasteiger partial charge in [-0.25, -0.2) is 0 Å². The van der Waals surface area contributed by atoms with Crippen molar-refractivity contribution in [2.24, 2.45) is 0 Å². The van der Waals surface area contributed by atoms with E-state index in [-0.39, 0.29) is 137 Å². The van der Waals surface area contributed by atoms with Crippen molar-refractivity contribution in [3.63, 3.8) is 0 Å². The first-order valence-electron chi connectivity index (χ1n) is 40.8. The molecule has 19 nitrogen and oxygen atoms in total.